The Morgan fingerprint density at radius 3 is 1.48 bits per heavy atom. The van der Waals surface area contributed by atoms with Gasteiger partial charge in [0.15, 0.2) is 0 Å². The maximum atomic E-state index is 14.4. The lowest BCUT2D eigenvalue weighted by Crippen LogP contribution is -2.16. The van der Waals surface area contributed by atoms with Gasteiger partial charge in [0, 0.05) is 26.8 Å². The first-order valence-corrected chi connectivity index (χ1v) is 11.3. The second kappa shape index (κ2) is 8.61. The molecule has 0 aromatic heterocycles. The molecule has 0 heterocycles. The Hall–Kier alpha value is -2.93. The van der Waals surface area contributed by atoms with Crippen molar-refractivity contribution in [1.82, 2.24) is 0 Å². The van der Waals surface area contributed by atoms with Crippen molar-refractivity contribution in [1.29, 1.82) is 0 Å². The molecule has 0 unspecified atom stereocenters. The average molecular weight is 416 g/mol. The minimum absolute atomic E-state index is 0.649. The molecule has 4 heteroatoms. The highest BCUT2D eigenvalue weighted by Gasteiger charge is 2.28. The molecule has 4 aromatic carbocycles. The van der Waals surface area contributed by atoms with Crippen LogP contribution in [-0.4, -0.2) is 5.71 Å². The summed E-state index contributed by atoms with van der Waals surface area (Å²) >= 11 is 6.09. The fourth-order valence-corrected chi connectivity index (χ4v) is 5.47. The van der Waals surface area contributed by atoms with Crippen molar-refractivity contribution in [3.8, 4) is 0 Å². The van der Waals surface area contributed by atoms with E-state index in [2.05, 4.69) is 0 Å². The molecule has 4 aromatic rings. The Labute approximate surface area is 176 Å². The predicted octanol–water partition coefficient (Wildman–Crippen LogP) is 6.11. The Kier molecular flexibility index (Phi) is 5.76. The second-order valence-electron chi connectivity index (χ2n) is 6.57. The van der Waals surface area contributed by atoms with E-state index in [1.807, 2.05) is 115 Å². The van der Waals surface area contributed by atoms with E-state index in [0.29, 0.717) is 21.3 Å². The van der Waals surface area contributed by atoms with Gasteiger partial charge in [-0.1, -0.05) is 90.5 Å². The van der Waals surface area contributed by atoms with Crippen LogP contribution < -0.4 is 10.6 Å². The van der Waals surface area contributed by atoms with Crippen LogP contribution in [0.4, 0.5) is 0 Å². The number of hydrogen-bond donors (Lipinski definition) is 0. The van der Waals surface area contributed by atoms with E-state index in [9.17, 15) is 4.57 Å². The molecule has 0 saturated heterocycles. The first-order valence-electron chi connectivity index (χ1n) is 9.30. The molecule has 4 rings (SSSR count). The zero-order valence-electron chi connectivity index (χ0n) is 15.7. The van der Waals surface area contributed by atoms with Crippen molar-refractivity contribution >= 4 is 35.2 Å². The Morgan fingerprint density at radius 2 is 1.00 bits per heavy atom. The van der Waals surface area contributed by atoms with E-state index in [0.717, 1.165) is 11.1 Å². The number of benzene rings is 4. The highest BCUT2D eigenvalue weighted by Crippen LogP contribution is 2.46. The van der Waals surface area contributed by atoms with Crippen molar-refractivity contribution in [2.24, 2.45) is 4.76 Å². The Bertz CT molecular complexity index is 1110. The van der Waals surface area contributed by atoms with Crippen molar-refractivity contribution in [3.63, 3.8) is 0 Å². The second-order valence-corrected chi connectivity index (χ2v) is 9.39. The summed E-state index contributed by atoms with van der Waals surface area (Å²) in [5, 5.41) is 2.05. The van der Waals surface area contributed by atoms with Gasteiger partial charge >= 0.3 is 0 Å². The quantitative estimate of drug-likeness (QED) is 0.286. The standard InChI is InChI=1S/C25H19ClNOP/c26-22-18-16-21(17-19-22)25(20-10-4-1-5-11-20)27-29(28,23-12-6-2-7-13-23)24-14-8-3-9-15-24/h1-19H/b27-25+. The summed E-state index contributed by atoms with van der Waals surface area (Å²) in [4.78, 5) is 0. The molecule has 0 atom stereocenters. The van der Waals surface area contributed by atoms with E-state index in [-0.39, 0.29) is 0 Å². The van der Waals surface area contributed by atoms with Gasteiger partial charge in [0.25, 0.3) is 0 Å². The van der Waals surface area contributed by atoms with E-state index in [4.69, 9.17) is 16.4 Å². The molecular weight excluding hydrogens is 397 g/mol. The third kappa shape index (κ3) is 4.24. The molecule has 29 heavy (non-hydrogen) atoms. The van der Waals surface area contributed by atoms with E-state index in [1.54, 1.807) is 0 Å². The SMILES string of the molecule is O=P(/N=C(\c1ccccc1)c1ccc(Cl)cc1)(c1ccccc1)c1ccccc1. The van der Waals surface area contributed by atoms with Gasteiger partial charge in [-0.15, -0.1) is 0 Å². The lowest BCUT2D eigenvalue weighted by Gasteiger charge is -2.18. The van der Waals surface area contributed by atoms with E-state index >= 15 is 0 Å². The molecule has 0 aliphatic carbocycles. The maximum absolute atomic E-state index is 14.4. The summed E-state index contributed by atoms with van der Waals surface area (Å²) in [6.07, 6.45) is 0. The molecule has 0 aliphatic rings. The van der Waals surface area contributed by atoms with Gasteiger partial charge in [-0.2, -0.15) is 0 Å². The molecule has 0 bridgehead atoms. The normalized spacial score (nSPS) is 12.0. The van der Waals surface area contributed by atoms with Gasteiger partial charge in [0.1, 0.15) is 0 Å². The first kappa shape index (κ1) is 19.4. The van der Waals surface area contributed by atoms with Crippen LogP contribution >= 0.6 is 18.9 Å². The third-order valence-corrected chi connectivity index (χ3v) is 7.35. The highest BCUT2D eigenvalue weighted by atomic mass is 35.5. The van der Waals surface area contributed by atoms with Crippen molar-refractivity contribution in [2.75, 3.05) is 0 Å². The minimum Gasteiger partial charge on any atom is -0.288 e. The summed E-state index contributed by atoms with van der Waals surface area (Å²) in [5.74, 6) is 0. The van der Waals surface area contributed by atoms with Crippen LogP contribution in [0.15, 0.2) is 120 Å². The Balaban J connectivity index is 1.98. The number of rotatable bonds is 5. The van der Waals surface area contributed by atoms with E-state index < -0.39 is 7.29 Å². The Morgan fingerprint density at radius 1 is 0.586 bits per heavy atom. The topological polar surface area (TPSA) is 29.4 Å². The molecule has 0 aliphatic heterocycles. The molecule has 2 nitrogen and oxygen atoms in total. The van der Waals surface area contributed by atoms with Crippen LogP contribution in [0, 0.1) is 0 Å². The molecule has 0 fully saturated rings. The van der Waals surface area contributed by atoms with Crippen molar-refractivity contribution in [3.05, 3.63) is 131 Å². The van der Waals surface area contributed by atoms with Crippen LogP contribution in [0.25, 0.3) is 0 Å². The highest BCUT2D eigenvalue weighted by molar-refractivity contribution is 7.77. The molecule has 0 amide bonds. The zero-order chi connectivity index (χ0) is 20.1. The first-order chi connectivity index (χ1) is 14.2. The number of hydrogen-bond acceptors (Lipinski definition) is 1. The largest absolute Gasteiger partial charge is 0.288 e. The summed E-state index contributed by atoms with van der Waals surface area (Å²) in [6, 6.07) is 36.2. The van der Waals surface area contributed by atoms with Gasteiger partial charge in [-0.25, -0.2) is 4.76 Å². The minimum atomic E-state index is -3.27. The number of halogens is 1. The lowest BCUT2D eigenvalue weighted by molar-refractivity contribution is 0.588. The van der Waals surface area contributed by atoms with Crippen molar-refractivity contribution < 1.29 is 4.57 Å². The fraction of sp³-hybridized carbons (Fsp3) is 0. The van der Waals surface area contributed by atoms with Gasteiger partial charge in [-0.3, -0.25) is 4.57 Å². The van der Waals surface area contributed by atoms with Crippen LogP contribution in [-0.2, 0) is 4.57 Å². The average Bonchev–Trinajstić information content (AvgIpc) is 2.80. The summed E-state index contributed by atoms with van der Waals surface area (Å²) < 4.78 is 19.4. The molecular formula is C25H19ClNOP. The summed E-state index contributed by atoms with van der Waals surface area (Å²) in [5.41, 5.74) is 2.45. The molecule has 0 saturated carbocycles. The monoisotopic (exact) mass is 415 g/mol. The smallest absolute Gasteiger partial charge is 0.247 e. The van der Waals surface area contributed by atoms with Crippen molar-refractivity contribution in [2.45, 2.75) is 0 Å². The summed E-state index contributed by atoms with van der Waals surface area (Å²) in [6.45, 7) is 0. The van der Waals surface area contributed by atoms with Gasteiger partial charge in [-0.05, 0) is 36.4 Å². The molecule has 0 radical (unpaired) electrons. The zero-order valence-corrected chi connectivity index (χ0v) is 17.3. The lowest BCUT2D eigenvalue weighted by atomic mass is 10.0. The van der Waals surface area contributed by atoms with Gasteiger partial charge in [0.05, 0.1) is 5.71 Å². The van der Waals surface area contributed by atoms with Crippen LogP contribution in [0.5, 0.6) is 0 Å². The molecule has 142 valence electrons. The van der Waals surface area contributed by atoms with Crippen LogP contribution in [0.1, 0.15) is 11.1 Å². The molecule has 0 N–H and O–H groups in total. The number of nitrogens with zero attached hydrogens (tertiary/aromatic N) is 1. The third-order valence-electron chi connectivity index (χ3n) is 4.62. The summed E-state index contributed by atoms with van der Waals surface area (Å²) in [7, 11) is -3.27. The molecule has 0 spiro atoms. The maximum Gasteiger partial charge on any atom is 0.247 e. The van der Waals surface area contributed by atoms with Gasteiger partial charge < -0.3 is 0 Å². The van der Waals surface area contributed by atoms with Crippen LogP contribution in [0.3, 0.4) is 0 Å². The van der Waals surface area contributed by atoms with Gasteiger partial charge in [0.2, 0.25) is 7.29 Å². The van der Waals surface area contributed by atoms with Crippen LogP contribution in [0.2, 0.25) is 5.02 Å². The van der Waals surface area contributed by atoms with E-state index in [1.165, 1.54) is 0 Å². The fourth-order valence-electron chi connectivity index (χ4n) is 3.15. The predicted molar refractivity (Wildman–Crippen MR) is 123 cm³/mol.